The Morgan fingerprint density at radius 3 is 2.34 bits per heavy atom. The van der Waals surface area contributed by atoms with Crippen LogP contribution in [-0.2, 0) is 23.9 Å². The molecule has 0 aliphatic carbocycles. The molecule has 2 atom stereocenters. The Balaban J connectivity index is 3.39. The maximum atomic E-state index is 13.8. The van der Waals surface area contributed by atoms with Gasteiger partial charge in [0.1, 0.15) is 24.2 Å². The topological polar surface area (TPSA) is 114 Å². The first kappa shape index (κ1) is 30.3. The van der Waals surface area contributed by atoms with E-state index in [0.29, 0.717) is 24.2 Å². The third-order valence-electron chi connectivity index (χ3n) is 5.02. The summed E-state index contributed by atoms with van der Waals surface area (Å²) in [6.45, 7) is 8.94. The van der Waals surface area contributed by atoms with E-state index in [1.807, 2.05) is 32.2 Å². The minimum absolute atomic E-state index is 0.273. The van der Waals surface area contributed by atoms with Crippen molar-refractivity contribution in [2.24, 2.45) is 0 Å². The van der Waals surface area contributed by atoms with Crippen molar-refractivity contribution in [3.05, 3.63) is 35.4 Å². The largest absolute Gasteiger partial charge is 0.468 e. The average Bonchev–Trinajstić information content (AvgIpc) is 2.79. The number of rotatable bonds is 12. The van der Waals surface area contributed by atoms with Crippen molar-refractivity contribution < 1.29 is 28.7 Å². The van der Waals surface area contributed by atoms with Gasteiger partial charge in [-0.15, -0.1) is 0 Å². The van der Waals surface area contributed by atoms with Gasteiger partial charge in [0.15, 0.2) is 0 Å². The lowest BCUT2D eigenvalue weighted by molar-refractivity contribution is -0.144. The van der Waals surface area contributed by atoms with Crippen molar-refractivity contribution in [2.45, 2.75) is 65.1 Å². The second kappa shape index (κ2) is 14.6. The number of carbonyl (C=O) groups excluding carboxylic acids is 4. The Labute approximate surface area is 212 Å². The fourth-order valence-corrected chi connectivity index (χ4v) is 3.89. The van der Waals surface area contributed by atoms with E-state index in [1.54, 1.807) is 44.7 Å². The summed E-state index contributed by atoms with van der Waals surface area (Å²) < 4.78 is 10.0. The van der Waals surface area contributed by atoms with Gasteiger partial charge in [-0.1, -0.05) is 31.2 Å². The summed E-state index contributed by atoms with van der Waals surface area (Å²) in [5, 5.41) is 5.28. The highest BCUT2D eigenvalue weighted by Crippen LogP contribution is 2.26. The maximum Gasteiger partial charge on any atom is 0.408 e. The van der Waals surface area contributed by atoms with Crippen molar-refractivity contribution in [1.29, 1.82) is 0 Å². The Bertz CT molecular complexity index is 871. The standard InChI is InChI=1S/C25H39N3O6S/c1-8-14-28(23(31)19(13-15-35-7)27-24(32)34-25(3,4)5)21(18-12-10-9-11-17(18)2)22(30)26-16-20(29)33-6/h9-12,19,21H,8,13-16H2,1-7H3,(H,26,30)(H,27,32). The van der Waals surface area contributed by atoms with E-state index in [2.05, 4.69) is 15.4 Å². The van der Waals surface area contributed by atoms with Crippen molar-refractivity contribution >= 4 is 35.6 Å². The molecule has 2 N–H and O–H groups in total. The molecule has 0 aromatic heterocycles. The van der Waals surface area contributed by atoms with Crippen molar-refractivity contribution in [2.75, 3.05) is 32.2 Å². The van der Waals surface area contributed by atoms with E-state index in [4.69, 9.17) is 4.74 Å². The van der Waals surface area contributed by atoms with Crippen LogP contribution in [0.1, 0.15) is 57.7 Å². The molecule has 0 fully saturated rings. The molecule has 0 saturated carbocycles. The van der Waals surface area contributed by atoms with Crippen LogP contribution in [0.15, 0.2) is 24.3 Å². The molecule has 0 heterocycles. The first-order valence-corrected chi connectivity index (χ1v) is 13.0. The fraction of sp³-hybridized carbons (Fsp3) is 0.600. The van der Waals surface area contributed by atoms with Gasteiger partial charge in [-0.25, -0.2) is 4.79 Å². The fourth-order valence-electron chi connectivity index (χ4n) is 3.42. The van der Waals surface area contributed by atoms with Crippen LogP contribution in [0.3, 0.4) is 0 Å². The van der Waals surface area contributed by atoms with Crippen LogP contribution in [0.2, 0.25) is 0 Å². The lowest BCUT2D eigenvalue weighted by Crippen LogP contribution is -2.53. The first-order valence-electron chi connectivity index (χ1n) is 11.6. The highest BCUT2D eigenvalue weighted by molar-refractivity contribution is 7.98. The minimum Gasteiger partial charge on any atom is -0.468 e. The van der Waals surface area contributed by atoms with E-state index in [-0.39, 0.29) is 13.1 Å². The first-order chi connectivity index (χ1) is 16.4. The summed E-state index contributed by atoms with van der Waals surface area (Å²) in [7, 11) is 1.24. The predicted octanol–water partition coefficient (Wildman–Crippen LogP) is 3.21. The van der Waals surface area contributed by atoms with Gasteiger partial charge in [-0.2, -0.15) is 11.8 Å². The summed E-state index contributed by atoms with van der Waals surface area (Å²) in [6.07, 6.45) is 2.16. The van der Waals surface area contributed by atoms with Gasteiger partial charge in [-0.05, 0) is 63.7 Å². The van der Waals surface area contributed by atoms with Crippen molar-refractivity contribution in [3.63, 3.8) is 0 Å². The Morgan fingerprint density at radius 2 is 1.80 bits per heavy atom. The molecule has 0 spiro atoms. The van der Waals surface area contributed by atoms with Gasteiger partial charge < -0.3 is 25.0 Å². The monoisotopic (exact) mass is 509 g/mol. The van der Waals surface area contributed by atoms with Crippen LogP contribution in [0.5, 0.6) is 0 Å². The molecule has 2 unspecified atom stereocenters. The number of benzene rings is 1. The van der Waals surface area contributed by atoms with E-state index in [0.717, 1.165) is 5.56 Å². The molecule has 0 aliphatic heterocycles. The summed E-state index contributed by atoms with van der Waals surface area (Å²) in [6, 6.07) is 5.40. The zero-order chi connectivity index (χ0) is 26.6. The molecule has 10 heteroatoms. The number of hydrogen-bond donors (Lipinski definition) is 2. The number of esters is 1. The molecule has 9 nitrogen and oxygen atoms in total. The molecule has 196 valence electrons. The molecule has 3 amide bonds. The molecular weight excluding hydrogens is 470 g/mol. The zero-order valence-corrected chi connectivity index (χ0v) is 22.6. The number of thioether (sulfide) groups is 1. The summed E-state index contributed by atoms with van der Waals surface area (Å²) in [4.78, 5) is 52.8. The molecule has 1 aromatic carbocycles. The molecule has 0 saturated heterocycles. The molecule has 0 bridgehead atoms. The Kier molecular flexibility index (Phi) is 12.6. The molecular formula is C25H39N3O6S. The molecule has 1 aromatic rings. The number of carbonyl (C=O) groups is 4. The number of hydrogen-bond acceptors (Lipinski definition) is 7. The number of amides is 3. The average molecular weight is 510 g/mol. The van der Waals surface area contributed by atoms with Crippen LogP contribution in [0.25, 0.3) is 0 Å². The number of ether oxygens (including phenoxy) is 2. The zero-order valence-electron chi connectivity index (χ0n) is 21.8. The number of methoxy groups -OCH3 is 1. The number of alkyl carbamates (subject to hydrolysis) is 1. The van der Waals surface area contributed by atoms with Gasteiger partial charge in [0.2, 0.25) is 11.8 Å². The minimum atomic E-state index is -0.995. The molecule has 0 radical (unpaired) electrons. The van der Waals surface area contributed by atoms with Gasteiger partial charge in [-0.3, -0.25) is 14.4 Å². The highest BCUT2D eigenvalue weighted by atomic mass is 32.2. The third-order valence-corrected chi connectivity index (χ3v) is 5.67. The maximum absolute atomic E-state index is 13.8. The van der Waals surface area contributed by atoms with Crippen LogP contribution in [0, 0.1) is 6.92 Å². The van der Waals surface area contributed by atoms with Gasteiger partial charge in [0, 0.05) is 6.54 Å². The van der Waals surface area contributed by atoms with Gasteiger partial charge >= 0.3 is 12.1 Å². The van der Waals surface area contributed by atoms with E-state index in [9.17, 15) is 19.2 Å². The molecule has 1 rings (SSSR count). The second-order valence-electron chi connectivity index (χ2n) is 9.06. The Hall–Kier alpha value is -2.75. The lowest BCUT2D eigenvalue weighted by atomic mass is 9.97. The SMILES string of the molecule is CCCN(C(=O)C(CCSC)NC(=O)OC(C)(C)C)C(C(=O)NCC(=O)OC)c1ccccc1C. The lowest BCUT2D eigenvalue weighted by Gasteiger charge is -2.35. The van der Waals surface area contributed by atoms with E-state index < -0.39 is 41.6 Å². The van der Waals surface area contributed by atoms with E-state index >= 15 is 0 Å². The van der Waals surface area contributed by atoms with Crippen molar-refractivity contribution in [1.82, 2.24) is 15.5 Å². The van der Waals surface area contributed by atoms with Crippen LogP contribution in [-0.4, -0.2) is 72.6 Å². The number of aryl methyl sites for hydroxylation is 1. The van der Waals surface area contributed by atoms with Crippen molar-refractivity contribution in [3.8, 4) is 0 Å². The normalized spacial score (nSPS) is 12.8. The number of nitrogens with zero attached hydrogens (tertiary/aromatic N) is 1. The number of nitrogens with one attached hydrogen (secondary N) is 2. The third kappa shape index (κ3) is 10.2. The van der Waals surface area contributed by atoms with Crippen LogP contribution < -0.4 is 10.6 Å². The summed E-state index contributed by atoms with van der Waals surface area (Å²) in [5.41, 5.74) is 0.732. The van der Waals surface area contributed by atoms with Crippen LogP contribution in [0.4, 0.5) is 4.79 Å². The van der Waals surface area contributed by atoms with E-state index in [1.165, 1.54) is 12.0 Å². The summed E-state index contributed by atoms with van der Waals surface area (Å²) in [5.74, 6) is -0.879. The highest BCUT2D eigenvalue weighted by Gasteiger charge is 2.36. The van der Waals surface area contributed by atoms with Gasteiger partial charge in [0.25, 0.3) is 0 Å². The van der Waals surface area contributed by atoms with Crippen LogP contribution >= 0.6 is 11.8 Å². The molecule has 0 aliphatic rings. The summed E-state index contributed by atoms with van der Waals surface area (Å²) >= 11 is 1.55. The smallest absolute Gasteiger partial charge is 0.408 e. The van der Waals surface area contributed by atoms with Gasteiger partial charge in [0.05, 0.1) is 7.11 Å². The quantitative estimate of drug-likeness (QED) is 0.416. The Morgan fingerprint density at radius 1 is 1.14 bits per heavy atom. The second-order valence-corrected chi connectivity index (χ2v) is 10.1. The molecule has 35 heavy (non-hydrogen) atoms. The predicted molar refractivity (Wildman–Crippen MR) is 137 cm³/mol.